The minimum atomic E-state index is -0.691. The third-order valence-electron chi connectivity index (χ3n) is 7.76. The molecular formula is C40H48N2O12. The number of carbonyl (C=O) groups excluding carboxylic acids is 4. The van der Waals surface area contributed by atoms with E-state index in [1.807, 2.05) is 0 Å². The Kier molecular flexibility index (Phi) is 19.5. The molecular weight excluding hydrogens is 700 g/mol. The Balaban J connectivity index is 1.28. The Morgan fingerprint density at radius 3 is 1.28 bits per heavy atom. The summed E-state index contributed by atoms with van der Waals surface area (Å²) < 4.78 is 31.7. The zero-order valence-electron chi connectivity index (χ0n) is 30.3. The van der Waals surface area contributed by atoms with Gasteiger partial charge in [-0.3, -0.25) is 0 Å². The molecule has 1 heterocycles. The van der Waals surface area contributed by atoms with Gasteiger partial charge in [0.15, 0.2) is 0 Å². The van der Waals surface area contributed by atoms with Crippen LogP contribution in [-0.4, -0.2) is 82.9 Å². The van der Waals surface area contributed by atoms with Crippen LogP contribution in [0.15, 0.2) is 86.0 Å². The molecule has 0 aliphatic rings. The predicted octanol–water partition coefficient (Wildman–Crippen LogP) is 5.75. The van der Waals surface area contributed by atoms with E-state index >= 15 is 0 Å². The van der Waals surface area contributed by atoms with E-state index in [0.29, 0.717) is 37.6 Å². The van der Waals surface area contributed by atoms with Gasteiger partial charge in [0.2, 0.25) is 11.8 Å². The molecule has 3 rings (SSSR count). The lowest BCUT2D eigenvalue weighted by atomic mass is 10.1. The summed E-state index contributed by atoms with van der Waals surface area (Å²) in [5.41, 5.74) is 0.560. The van der Waals surface area contributed by atoms with Crippen molar-refractivity contribution in [3.05, 3.63) is 97.1 Å². The lowest BCUT2D eigenvalue weighted by molar-refractivity contribution is -0.141. The lowest BCUT2D eigenvalue weighted by Gasteiger charge is -2.10. The number of rotatable bonds is 26. The van der Waals surface area contributed by atoms with Crippen molar-refractivity contribution < 1.29 is 57.8 Å². The second-order valence-corrected chi connectivity index (χ2v) is 12.1. The zero-order chi connectivity index (χ0) is 39.0. The smallest absolute Gasteiger partial charge is 0.344 e. The van der Waals surface area contributed by atoms with E-state index in [-0.39, 0.29) is 36.1 Å². The molecule has 0 amide bonds. The molecule has 0 saturated carbocycles. The molecule has 1 aromatic heterocycles. The third kappa shape index (κ3) is 17.3. The van der Waals surface area contributed by atoms with Crippen LogP contribution in [0, 0.1) is 0 Å². The van der Waals surface area contributed by atoms with Crippen molar-refractivity contribution in [1.29, 1.82) is 0 Å². The fourth-order valence-corrected chi connectivity index (χ4v) is 4.79. The van der Waals surface area contributed by atoms with Gasteiger partial charge in [0.1, 0.15) is 24.7 Å². The maximum Gasteiger partial charge on any atom is 0.344 e. The van der Waals surface area contributed by atoms with Crippen molar-refractivity contribution in [3.63, 3.8) is 0 Å². The maximum atomic E-state index is 12.6. The molecule has 0 aliphatic heterocycles. The second-order valence-electron chi connectivity index (χ2n) is 12.1. The highest BCUT2D eigenvalue weighted by molar-refractivity contribution is 5.91. The first kappa shape index (κ1) is 42.8. The fraction of sp³-hybridized carbons (Fsp3) is 0.400. The van der Waals surface area contributed by atoms with E-state index in [4.69, 9.17) is 28.4 Å². The number of unbranched alkanes of at least 4 members (excludes halogenated alkanes) is 6. The van der Waals surface area contributed by atoms with Crippen LogP contribution in [0.4, 0.5) is 0 Å². The fourth-order valence-electron chi connectivity index (χ4n) is 4.79. The van der Waals surface area contributed by atoms with Gasteiger partial charge in [-0.05, 0) is 74.2 Å². The van der Waals surface area contributed by atoms with Crippen LogP contribution < -0.4 is 18.9 Å². The lowest BCUT2D eigenvalue weighted by Crippen LogP contribution is -2.17. The van der Waals surface area contributed by atoms with E-state index in [2.05, 4.69) is 23.4 Å². The molecule has 14 heteroatoms. The largest absolute Gasteiger partial charge is 0.494 e. The summed E-state index contributed by atoms with van der Waals surface area (Å²) >= 11 is 0. The number of hydrogen-bond donors (Lipinski definition) is 2. The van der Waals surface area contributed by atoms with Crippen molar-refractivity contribution >= 4 is 23.9 Å². The number of nitrogens with zero attached hydrogens (tertiary/aromatic N) is 2. The highest BCUT2D eigenvalue weighted by Gasteiger charge is 2.14. The summed E-state index contributed by atoms with van der Waals surface area (Å²) in [6.45, 7) is 7.53. The van der Waals surface area contributed by atoms with Crippen LogP contribution in [0.25, 0.3) is 0 Å². The summed E-state index contributed by atoms with van der Waals surface area (Å²) in [5.74, 6) is -1.34. The maximum absolute atomic E-state index is 12.6. The molecule has 14 nitrogen and oxygen atoms in total. The number of hydrogen-bond acceptors (Lipinski definition) is 14. The van der Waals surface area contributed by atoms with Gasteiger partial charge < -0.3 is 38.6 Å². The number of aliphatic hydroxyl groups excluding tert-OH is 2. The average molecular weight is 749 g/mol. The predicted molar refractivity (Wildman–Crippen MR) is 196 cm³/mol. The zero-order valence-corrected chi connectivity index (χ0v) is 30.3. The van der Waals surface area contributed by atoms with Crippen molar-refractivity contribution in [1.82, 2.24) is 10.2 Å². The molecule has 290 valence electrons. The average Bonchev–Trinajstić information content (AvgIpc) is 3.19. The van der Waals surface area contributed by atoms with E-state index < -0.39 is 36.1 Å². The minimum Gasteiger partial charge on any atom is -0.494 e. The highest BCUT2D eigenvalue weighted by Crippen LogP contribution is 2.19. The molecule has 0 aliphatic carbocycles. The summed E-state index contributed by atoms with van der Waals surface area (Å²) in [6, 6.07) is 15.7. The van der Waals surface area contributed by atoms with Gasteiger partial charge in [-0.15, -0.1) is 10.2 Å². The van der Waals surface area contributed by atoms with E-state index in [1.54, 1.807) is 48.5 Å². The first-order valence-electron chi connectivity index (χ1n) is 17.8. The highest BCUT2D eigenvalue weighted by atomic mass is 16.6. The van der Waals surface area contributed by atoms with E-state index in [0.717, 1.165) is 63.5 Å². The van der Waals surface area contributed by atoms with Crippen LogP contribution in [0.1, 0.15) is 84.9 Å². The molecule has 0 saturated heterocycles. The summed E-state index contributed by atoms with van der Waals surface area (Å²) in [6.07, 6.45) is 8.66. The van der Waals surface area contributed by atoms with Crippen LogP contribution in [0.3, 0.4) is 0 Å². The van der Waals surface area contributed by atoms with Crippen LogP contribution in [0.2, 0.25) is 0 Å². The first-order valence-corrected chi connectivity index (χ1v) is 17.8. The van der Waals surface area contributed by atoms with Crippen LogP contribution in [0.5, 0.6) is 23.3 Å². The number of benzene rings is 2. The molecule has 0 spiro atoms. The normalized spacial score (nSPS) is 11.7. The molecule has 54 heavy (non-hydrogen) atoms. The Bertz CT molecular complexity index is 1490. The molecule has 2 unspecified atom stereocenters. The van der Waals surface area contributed by atoms with Crippen molar-refractivity contribution in [2.75, 3.05) is 26.4 Å². The summed E-state index contributed by atoms with van der Waals surface area (Å²) in [4.78, 5) is 47.3. The first-order chi connectivity index (χ1) is 26.2. The molecule has 3 aromatic rings. The summed E-state index contributed by atoms with van der Waals surface area (Å²) in [5, 5.41) is 27.3. The number of esters is 4. The van der Waals surface area contributed by atoms with E-state index in [1.165, 1.54) is 12.1 Å². The van der Waals surface area contributed by atoms with Crippen LogP contribution in [-0.2, 0) is 19.1 Å². The number of aromatic nitrogens is 2. The minimum absolute atomic E-state index is 0.0377. The molecule has 0 radical (unpaired) electrons. The van der Waals surface area contributed by atoms with Gasteiger partial charge >= 0.3 is 23.9 Å². The summed E-state index contributed by atoms with van der Waals surface area (Å²) in [7, 11) is 0. The number of carbonyl (C=O) groups is 4. The van der Waals surface area contributed by atoms with Crippen molar-refractivity contribution in [3.8, 4) is 23.3 Å². The topological polar surface area (TPSA) is 190 Å². The Morgan fingerprint density at radius 2 is 0.926 bits per heavy atom. The molecule has 2 atom stereocenters. The quantitative estimate of drug-likeness (QED) is 0.0573. The monoisotopic (exact) mass is 748 g/mol. The van der Waals surface area contributed by atoms with Gasteiger partial charge in [-0.2, -0.15) is 0 Å². The molecule has 2 aromatic carbocycles. The van der Waals surface area contributed by atoms with Crippen molar-refractivity contribution in [2.45, 2.75) is 76.4 Å². The molecule has 0 fully saturated rings. The van der Waals surface area contributed by atoms with Gasteiger partial charge in [-0.25, -0.2) is 19.2 Å². The van der Waals surface area contributed by atoms with Gasteiger partial charge in [0, 0.05) is 24.3 Å². The number of aliphatic hydroxyl groups is 2. The SMILES string of the molecule is C=CC(=O)OCC(O)CCCCCCOc1ccc(C(=O)Oc2ccc(OC(=O)c3ccc(OCCCCCCC(O)COC(=O)C=C)cc3)nn2)cc1. The van der Waals surface area contributed by atoms with Crippen LogP contribution >= 0.6 is 0 Å². The second kappa shape index (κ2) is 24.6. The van der Waals surface area contributed by atoms with E-state index in [9.17, 15) is 29.4 Å². The Morgan fingerprint density at radius 1 is 0.556 bits per heavy atom. The van der Waals surface area contributed by atoms with Gasteiger partial charge in [0.05, 0.1) is 36.5 Å². The van der Waals surface area contributed by atoms with Crippen molar-refractivity contribution in [2.24, 2.45) is 0 Å². The third-order valence-corrected chi connectivity index (χ3v) is 7.76. The number of ether oxygens (including phenoxy) is 6. The van der Waals surface area contributed by atoms with Gasteiger partial charge in [0.25, 0.3) is 0 Å². The Labute approximate surface area is 314 Å². The standard InChI is InChI=1S/C40H48N2O12/c1-3-37(45)51-27-31(43)13-9-5-7-11-25-49-33-19-15-29(16-20-33)39(47)53-35-23-24-36(42-41-35)54-40(48)30-17-21-34(22-18-30)50-26-12-8-6-10-14-32(44)28-52-38(46)4-2/h3-4,15-24,31-32,43-44H,1-2,5-14,25-28H2. The molecule has 0 bridgehead atoms. The molecule has 2 N–H and O–H groups in total. The Hall–Kier alpha value is -5.60. The van der Waals surface area contributed by atoms with Gasteiger partial charge in [-0.1, -0.05) is 51.7 Å².